The summed E-state index contributed by atoms with van der Waals surface area (Å²) in [5.74, 6) is -2.05. The normalized spacial score (nSPS) is 11.5. The van der Waals surface area contributed by atoms with Gasteiger partial charge in [-0.3, -0.25) is 4.79 Å². The maximum absolute atomic E-state index is 14.9. The average Bonchev–Trinajstić information content (AvgIpc) is 3.15. The first-order chi connectivity index (χ1) is 17.0. The molecule has 0 radical (unpaired) electrons. The van der Waals surface area contributed by atoms with Gasteiger partial charge in [0.1, 0.15) is 18.0 Å². The van der Waals surface area contributed by atoms with E-state index in [-0.39, 0.29) is 18.8 Å². The lowest BCUT2D eigenvalue weighted by Gasteiger charge is -2.21. The maximum atomic E-state index is 14.9. The minimum absolute atomic E-state index is 0.0200. The van der Waals surface area contributed by atoms with Crippen LogP contribution in [0, 0.1) is 11.6 Å². The number of ether oxygens (including phenoxy) is 2. The molecule has 4 aromatic rings. The lowest BCUT2D eigenvalue weighted by atomic mass is 10.0. The Kier molecular flexibility index (Phi) is 6.79. The van der Waals surface area contributed by atoms with E-state index in [2.05, 4.69) is 0 Å². The first-order valence-corrected chi connectivity index (χ1v) is 11.3. The van der Waals surface area contributed by atoms with Crippen LogP contribution in [-0.2, 0) is 22.6 Å². The third-order valence-corrected chi connectivity index (χ3v) is 5.37. The van der Waals surface area contributed by atoms with Gasteiger partial charge in [0.15, 0.2) is 11.6 Å². The van der Waals surface area contributed by atoms with Crippen molar-refractivity contribution < 1.29 is 33.0 Å². The minimum atomic E-state index is -0.925. The molecule has 0 aliphatic heterocycles. The van der Waals surface area contributed by atoms with Crippen molar-refractivity contribution in [2.75, 3.05) is 0 Å². The molecule has 1 heterocycles. The molecule has 0 aliphatic carbocycles. The second kappa shape index (κ2) is 9.81. The Balaban J connectivity index is 1.57. The molecule has 0 atom stereocenters. The van der Waals surface area contributed by atoms with E-state index >= 15 is 0 Å². The number of carboxylic acid groups (broad SMARTS) is 1. The Morgan fingerprint density at radius 2 is 1.61 bits per heavy atom. The molecule has 1 aromatic heterocycles. The molecule has 6 nitrogen and oxygen atoms in total. The van der Waals surface area contributed by atoms with E-state index in [1.165, 1.54) is 28.8 Å². The van der Waals surface area contributed by atoms with Crippen molar-refractivity contribution in [3.05, 3.63) is 89.6 Å². The number of carbonyl (C=O) groups excluding carboxylic acids is 1. The summed E-state index contributed by atoms with van der Waals surface area (Å²) in [5.41, 5.74) is 1.90. The van der Waals surface area contributed by atoms with Gasteiger partial charge in [0.2, 0.25) is 0 Å². The molecule has 0 fully saturated rings. The van der Waals surface area contributed by atoms with Crippen LogP contribution in [0.2, 0.25) is 0 Å². The van der Waals surface area contributed by atoms with Crippen LogP contribution in [0.25, 0.3) is 22.0 Å². The van der Waals surface area contributed by atoms with Crippen molar-refractivity contribution in [3.63, 3.8) is 0 Å². The van der Waals surface area contributed by atoms with Crippen LogP contribution < -0.4 is 4.74 Å². The van der Waals surface area contributed by atoms with Gasteiger partial charge in [-0.25, -0.2) is 18.1 Å². The summed E-state index contributed by atoms with van der Waals surface area (Å²) in [6.07, 6.45) is -0.780. The highest BCUT2D eigenvalue weighted by molar-refractivity contribution is 5.91. The molecular weight excluding hydrogens is 468 g/mol. The number of fused-ring (bicyclic) bond motifs is 1. The topological polar surface area (TPSA) is 77.8 Å². The molecule has 0 spiro atoms. The van der Waals surface area contributed by atoms with Crippen LogP contribution in [-0.4, -0.2) is 27.3 Å². The molecule has 36 heavy (non-hydrogen) atoms. The Morgan fingerprint density at radius 1 is 0.917 bits per heavy atom. The van der Waals surface area contributed by atoms with E-state index in [0.717, 1.165) is 5.56 Å². The SMILES string of the molecule is CC(C)(C)OC(=O)n1c(COc2ccc(-c3ccc(CC(=O)O)cc3)cc2F)cc2ccc(F)cc21. The van der Waals surface area contributed by atoms with E-state index in [0.29, 0.717) is 27.7 Å². The van der Waals surface area contributed by atoms with E-state index in [1.54, 1.807) is 63.2 Å². The number of nitrogens with zero attached hydrogens (tertiary/aromatic N) is 1. The van der Waals surface area contributed by atoms with E-state index in [9.17, 15) is 18.4 Å². The van der Waals surface area contributed by atoms with Crippen LogP contribution >= 0.6 is 0 Å². The van der Waals surface area contributed by atoms with Gasteiger partial charge in [0.05, 0.1) is 17.6 Å². The summed E-state index contributed by atoms with van der Waals surface area (Å²) in [6.45, 7) is 5.02. The smallest absolute Gasteiger partial charge is 0.419 e. The Hall–Kier alpha value is -4.20. The summed E-state index contributed by atoms with van der Waals surface area (Å²) in [5, 5.41) is 9.51. The zero-order valence-electron chi connectivity index (χ0n) is 20.0. The monoisotopic (exact) mass is 493 g/mol. The maximum Gasteiger partial charge on any atom is 0.419 e. The van der Waals surface area contributed by atoms with E-state index < -0.39 is 29.3 Å². The largest absolute Gasteiger partial charge is 0.484 e. The highest BCUT2D eigenvalue weighted by Crippen LogP contribution is 2.28. The fourth-order valence-electron chi connectivity index (χ4n) is 3.80. The Morgan fingerprint density at radius 3 is 2.25 bits per heavy atom. The first-order valence-electron chi connectivity index (χ1n) is 11.3. The number of hydrogen-bond acceptors (Lipinski definition) is 4. The molecule has 3 aromatic carbocycles. The van der Waals surface area contributed by atoms with Crippen LogP contribution in [0.15, 0.2) is 66.7 Å². The molecule has 8 heteroatoms. The molecule has 0 saturated carbocycles. The molecule has 0 bridgehead atoms. The van der Waals surface area contributed by atoms with Crippen LogP contribution in [0.4, 0.5) is 13.6 Å². The predicted molar refractivity (Wildman–Crippen MR) is 131 cm³/mol. The molecule has 186 valence electrons. The Labute approximate surface area is 206 Å². The summed E-state index contributed by atoms with van der Waals surface area (Å²) < 4.78 is 41.2. The number of rotatable bonds is 6. The van der Waals surface area contributed by atoms with Gasteiger partial charge < -0.3 is 14.6 Å². The molecule has 0 aliphatic rings. The van der Waals surface area contributed by atoms with Gasteiger partial charge in [0.25, 0.3) is 0 Å². The van der Waals surface area contributed by atoms with Crippen molar-refractivity contribution in [2.45, 2.75) is 39.4 Å². The third kappa shape index (κ3) is 5.71. The molecule has 0 saturated heterocycles. The molecule has 0 unspecified atom stereocenters. The molecule has 4 rings (SSSR count). The zero-order chi connectivity index (χ0) is 26.0. The third-order valence-electron chi connectivity index (χ3n) is 5.37. The fourth-order valence-corrected chi connectivity index (χ4v) is 3.80. The zero-order valence-corrected chi connectivity index (χ0v) is 20.0. The van der Waals surface area contributed by atoms with E-state index in [4.69, 9.17) is 14.6 Å². The van der Waals surface area contributed by atoms with Crippen molar-refractivity contribution in [2.24, 2.45) is 0 Å². The number of halogens is 2. The second-order valence-corrected chi connectivity index (χ2v) is 9.36. The van der Waals surface area contributed by atoms with Crippen LogP contribution in [0.3, 0.4) is 0 Å². The van der Waals surface area contributed by atoms with Crippen LogP contribution in [0.1, 0.15) is 32.0 Å². The quantitative estimate of drug-likeness (QED) is 0.328. The predicted octanol–water partition coefficient (Wildman–Crippen LogP) is 6.58. The summed E-state index contributed by atoms with van der Waals surface area (Å²) >= 11 is 0. The fraction of sp³-hybridized carbons (Fsp3) is 0.214. The summed E-state index contributed by atoms with van der Waals surface area (Å²) in [4.78, 5) is 23.7. The minimum Gasteiger partial charge on any atom is -0.484 e. The van der Waals surface area contributed by atoms with Gasteiger partial charge in [0, 0.05) is 5.39 Å². The van der Waals surface area contributed by atoms with Gasteiger partial charge >= 0.3 is 12.1 Å². The van der Waals surface area contributed by atoms with Crippen LogP contribution in [0.5, 0.6) is 5.75 Å². The average molecular weight is 494 g/mol. The van der Waals surface area contributed by atoms with E-state index in [1.807, 2.05) is 0 Å². The number of carboxylic acids is 1. The highest BCUT2D eigenvalue weighted by atomic mass is 19.1. The van der Waals surface area contributed by atoms with Gasteiger partial charge in [-0.05, 0) is 73.9 Å². The standard InChI is InChI=1S/C28H25F2NO5/c1-28(2,3)36-27(34)31-22(13-20-8-10-21(29)15-24(20)31)16-35-25-11-9-19(14-23(25)30)18-6-4-17(5-7-18)12-26(32)33/h4-11,13-15H,12,16H2,1-3H3,(H,32,33). The molecule has 1 N–H and O–H groups in total. The number of hydrogen-bond donors (Lipinski definition) is 1. The van der Waals surface area contributed by atoms with Crippen molar-refractivity contribution in [1.29, 1.82) is 0 Å². The lowest BCUT2D eigenvalue weighted by molar-refractivity contribution is -0.136. The number of aliphatic carboxylic acids is 1. The van der Waals surface area contributed by atoms with Gasteiger partial charge in [-0.15, -0.1) is 0 Å². The van der Waals surface area contributed by atoms with Crippen molar-refractivity contribution >= 4 is 23.0 Å². The summed E-state index contributed by atoms with van der Waals surface area (Å²) in [7, 11) is 0. The first kappa shape index (κ1) is 24.9. The van der Waals surface area contributed by atoms with Gasteiger partial charge in [-0.2, -0.15) is 0 Å². The highest BCUT2D eigenvalue weighted by Gasteiger charge is 2.23. The number of aromatic nitrogens is 1. The second-order valence-electron chi connectivity index (χ2n) is 9.36. The van der Waals surface area contributed by atoms with Crippen molar-refractivity contribution in [1.82, 2.24) is 4.57 Å². The molecular formula is C28H25F2NO5. The number of benzene rings is 3. The number of carbonyl (C=O) groups is 2. The Bertz CT molecular complexity index is 1440. The molecule has 0 amide bonds. The lowest BCUT2D eigenvalue weighted by Crippen LogP contribution is -2.28. The van der Waals surface area contributed by atoms with Gasteiger partial charge in [-0.1, -0.05) is 30.3 Å². The summed E-state index contributed by atoms with van der Waals surface area (Å²) in [6, 6.07) is 17.1. The van der Waals surface area contributed by atoms with Crippen molar-refractivity contribution in [3.8, 4) is 16.9 Å².